The van der Waals surface area contributed by atoms with Gasteiger partial charge in [-0.3, -0.25) is 0 Å². The summed E-state index contributed by atoms with van der Waals surface area (Å²) in [5.41, 5.74) is 2.51. The average molecular weight is 252 g/mol. The molecule has 1 fully saturated rings. The van der Waals surface area contributed by atoms with E-state index in [0.717, 1.165) is 25.7 Å². The Balaban J connectivity index is 2.02. The van der Waals surface area contributed by atoms with Gasteiger partial charge in [0.05, 0.1) is 6.10 Å². The Labute approximate surface area is 107 Å². The van der Waals surface area contributed by atoms with Crippen molar-refractivity contribution in [1.82, 2.24) is 9.97 Å². The Bertz CT molecular complexity index is 400. The van der Waals surface area contributed by atoms with Crippen molar-refractivity contribution in [3.8, 4) is 5.88 Å². The minimum absolute atomic E-state index is 0.156. The first-order valence-electron chi connectivity index (χ1n) is 6.23. The van der Waals surface area contributed by atoms with Gasteiger partial charge in [0.2, 0.25) is 5.88 Å². The molecule has 2 unspecified atom stereocenters. The molecule has 0 aromatic carbocycles. The van der Waals surface area contributed by atoms with Crippen molar-refractivity contribution in [1.29, 1.82) is 0 Å². The Hall–Kier alpha value is -1.40. The summed E-state index contributed by atoms with van der Waals surface area (Å²) in [4.78, 5) is 8.38. The molecule has 0 aliphatic heterocycles. The summed E-state index contributed by atoms with van der Waals surface area (Å²) in [7, 11) is 1.75. The molecule has 1 saturated carbocycles. The first kappa shape index (κ1) is 13.0. The van der Waals surface area contributed by atoms with Crippen molar-refractivity contribution >= 4 is 5.82 Å². The molecular formula is C12H20N4O2. The molecule has 2 atom stereocenters. The molecule has 0 bridgehead atoms. The largest absolute Gasteiger partial charge is 0.474 e. The molecule has 0 spiro atoms. The second-order valence-corrected chi connectivity index (χ2v) is 4.55. The number of methoxy groups -OCH3 is 1. The Morgan fingerprint density at radius 2 is 2.11 bits per heavy atom. The number of rotatable bonds is 4. The number of nitrogens with one attached hydrogen (secondary N) is 1. The number of anilines is 1. The van der Waals surface area contributed by atoms with Crippen LogP contribution in [0.1, 0.15) is 31.5 Å². The van der Waals surface area contributed by atoms with Crippen LogP contribution in [0.3, 0.4) is 0 Å². The summed E-state index contributed by atoms with van der Waals surface area (Å²) >= 11 is 0. The highest BCUT2D eigenvalue weighted by atomic mass is 16.5. The Morgan fingerprint density at radius 3 is 2.83 bits per heavy atom. The predicted molar refractivity (Wildman–Crippen MR) is 68.3 cm³/mol. The lowest BCUT2D eigenvalue weighted by atomic mass is 9.95. The summed E-state index contributed by atoms with van der Waals surface area (Å²) in [5.74, 6) is 7.12. The van der Waals surface area contributed by atoms with Gasteiger partial charge in [-0.25, -0.2) is 10.8 Å². The van der Waals surface area contributed by atoms with Crippen molar-refractivity contribution in [3.05, 3.63) is 11.9 Å². The highest BCUT2D eigenvalue weighted by Crippen LogP contribution is 2.25. The van der Waals surface area contributed by atoms with Crippen molar-refractivity contribution in [2.75, 3.05) is 12.5 Å². The fourth-order valence-corrected chi connectivity index (χ4v) is 2.27. The second-order valence-electron chi connectivity index (χ2n) is 4.55. The minimum atomic E-state index is 0.156. The van der Waals surface area contributed by atoms with Crippen LogP contribution in [0, 0.1) is 6.92 Å². The molecule has 1 aliphatic rings. The normalized spacial score (nSPS) is 23.7. The zero-order chi connectivity index (χ0) is 13.0. The highest BCUT2D eigenvalue weighted by Gasteiger charge is 2.23. The molecule has 0 saturated heterocycles. The number of aromatic nitrogens is 2. The van der Waals surface area contributed by atoms with Gasteiger partial charge >= 0.3 is 0 Å². The number of nitrogens with two attached hydrogens (primary N) is 1. The number of nitrogens with zero attached hydrogens (tertiary/aromatic N) is 2. The molecule has 100 valence electrons. The predicted octanol–water partition coefficient (Wildman–Crippen LogP) is 1.41. The van der Waals surface area contributed by atoms with Gasteiger partial charge in [0.15, 0.2) is 0 Å². The number of hydrogen-bond acceptors (Lipinski definition) is 6. The molecule has 6 heteroatoms. The third kappa shape index (κ3) is 3.30. The Kier molecular flexibility index (Phi) is 4.33. The lowest BCUT2D eigenvalue weighted by Gasteiger charge is -2.28. The molecule has 1 aromatic heterocycles. The van der Waals surface area contributed by atoms with Gasteiger partial charge in [-0.2, -0.15) is 4.98 Å². The lowest BCUT2D eigenvalue weighted by Crippen LogP contribution is -2.29. The van der Waals surface area contributed by atoms with Crippen LogP contribution in [-0.4, -0.2) is 29.3 Å². The van der Waals surface area contributed by atoms with Crippen LogP contribution in [0.25, 0.3) is 0 Å². The summed E-state index contributed by atoms with van der Waals surface area (Å²) in [5, 5.41) is 0. The summed E-state index contributed by atoms with van der Waals surface area (Å²) in [6, 6.07) is 1.71. The number of aryl methyl sites for hydroxylation is 1. The number of ether oxygens (including phenoxy) is 2. The van der Waals surface area contributed by atoms with E-state index >= 15 is 0 Å². The third-order valence-electron chi connectivity index (χ3n) is 3.16. The SMILES string of the molecule is COC1CCCC(Oc2cc(NN)nc(C)n2)C1. The molecule has 2 rings (SSSR count). The van der Waals surface area contributed by atoms with Gasteiger partial charge in [0.25, 0.3) is 0 Å². The molecule has 6 nitrogen and oxygen atoms in total. The monoisotopic (exact) mass is 252 g/mol. The van der Waals surface area contributed by atoms with Gasteiger partial charge in [0, 0.05) is 19.6 Å². The zero-order valence-corrected chi connectivity index (χ0v) is 10.8. The molecule has 3 N–H and O–H groups in total. The molecular weight excluding hydrogens is 232 g/mol. The smallest absolute Gasteiger partial charge is 0.219 e. The van der Waals surface area contributed by atoms with Crippen LogP contribution < -0.4 is 16.0 Å². The second kappa shape index (κ2) is 5.97. The van der Waals surface area contributed by atoms with E-state index < -0.39 is 0 Å². The molecule has 1 heterocycles. The maximum absolute atomic E-state index is 5.88. The summed E-state index contributed by atoms with van der Waals surface area (Å²) < 4.78 is 11.3. The van der Waals surface area contributed by atoms with Crippen LogP contribution in [0.15, 0.2) is 6.07 Å². The number of hydrogen-bond donors (Lipinski definition) is 2. The van der Waals surface area contributed by atoms with E-state index in [9.17, 15) is 0 Å². The topological polar surface area (TPSA) is 82.3 Å². The van der Waals surface area contributed by atoms with Crippen LogP contribution >= 0.6 is 0 Å². The highest BCUT2D eigenvalue weighted by molar-refractivity contribution is 5.36. The lowest BCUT2D eigenvalue weighted by molar-refractivity contribution is 0.0194. The van der Waals surface area contributed by atoms with E-state index in [2.05, 4.69) is 15.4 Å². The molecule has 1 aliphatic carbocycles. The minimum Gasteiger partial charge on any atom is -0.474 e. The van der Waals surface area contributed by atoms with Crippen molar-refractivity contribution < 1.29 is 9.47 Å². The van der Waals surface area contributed by atoms with Crippen molar-refractivity contribution in [3.63, 3.8) is 0 Å². The first-order valence-corrected chi connectivity index (χ1v) is 6.23. The number of nitrogen functional groups attached to an aromatic ring is 1. The zero-order valence-electron chi connectivity index (χ0n) is 10.8. The van der Waals surface area contributed by atoms with E-state index in [1.807, 2.05) is 6.92 Å². The fourth-order valence-electron chi connectivity index (χ4n) is 2.27. The van der Waals surface area contributed by atoms with Gasteiger partial charge < -0.3 is 14.9 Å². The van der Waals surface area contributed by atoms with Gasteiger partial charge in [-0.05, 0) is 26.2 Å². The van der Waals surface area contributed by atoms with Crippen LogP contribution in [0.5, 0.6) is 5.88 Å². The molecule has 1 aromatic rings. The van der Waals surface area contributed by atoms with E-state index in [-0.39, 0.29) is 6.10 Å². The first-order chi connectivity index (χ1) is 8.71. The van der Waals surface area contributed by atoms with Gasteiger partial charge in [0.1, 0.15) is 17.7 Å². The van der Waals surface area contributed by atoms with Crippen molar-refractivity contribution in [2.24, 2.45) is 5.84 Å². The quantitative estimate of drug-likeness (QED) is 0.622. The molecule has 18 heavy (non-hydrogen) atoms. The van der Waals surface area contributed by atoms with Gasteiger partial charge in [-0.1, -0.05) is 0 Å². The molecule has 0 amide bonds. The number of hydrazine groups is 1. The molecule has 0 radical (unpaired) electrons. The van der Waals surface area contributed by atoms with Gasteiger partial charge in [-0.15, -0.1) is 0 Å². The summed E-state index contributed by atoms with van der Waals surface area (Å²) in [6.07, 6.45) is 4.62. The third-order valence-corrected chi connectivity index (χ3v) is 3.16. The van der Waals surface area contributed by atoms with E-state index in [1.165, 1.54) is 0 Å². The van der Waals surface area contributed by atoms with Crippen LogP contribution in [0.4, 0.5) is 5.82 Å². The maximum Gasteiger partial charge on any atom is 0.219 e. The van der Waals surface area contributed by atoms with Crippen molar-refractivity contribution in [2.45, 2.75) is 44.8 Å². The standard InChI is InChI=1S/C12H20N4O2/c1-8-14-11(16-13)7-12(15-8)18-10-5-3-4-9(6-10)17-2/h7,9-10H,3-6,13H2,1-2H3,(H,14,15,16). The summed E-state index contributed by atoms with van der Waals surface area (Å²) in [6.45, 7) is 1.81. The maximum atomic E-state index is 5.88. The average Bonchev–Trinajstić information content (AvgIpc) is 2.38. The Morgan fingerprint density at radius 1 is 1.33 bits per heavy atom. The van der Waals surface area contributed by atoms with Crippen LogP contribution in [0.2, 0.25) is 0 Å². The van der Waals surface area contributed by atoms with E-state index in [0.29, 0.717) is 23.6 Å². The van der Waals surface area contributed by atoms with E-state index in [1.54, 1.807) is 13.2 Å². The van der Waals surface area contributed by atoms with E-state index in [4.69, 9.17) is 15.3 Å². The van der Waals surface area contributed by atoms with Crippen LogP contribution in [-0.2, 0) is 4.74 Å². The fraction of sp³-hybridized carbons (Fsp3) is 0.667.